The lowest BCUT2D eigenvalue weighted by Crippen LogP contribution is -2.29. The van der Waals surface area contributed by atoms with Gasteiger partial charge in [-0.15, -0.1) is 11.3 Å². The van der Waals surface area contributed by atoms with Crippen molar-refractivity contribution in [3.8, 4) is 11.8 Å². The van der Waals surface area contributed by atoms with Gasteiger partial charge < -0.3 is 16.0 Å². The van der Waals surface area contributed by atoms with Crippen molar-refractivity contribution in [1.82, 2.24) is 10.3 Å². The molecule has 0 unspecified atom stereocenters. The van der Waals surface area contributed by atoms with Crippen molar-refractivity contribution < 1.29 is 4.79 Å². The third-order valence-electron chi connectivity index (χ3n) is 2.78. The molecule has 0 aliphatic heterocycles. The highest BCUT2D eigenvalue weighted by Crippen LogP contribution is 2.15. The van der Waals surface area contributed by atoms with Crippen molar-refractivity contribution in [2.75, 3.05) is 6.54 Å². The summed E-state index contributed by atoms with van der Waals surface area (Å²) in [5.74, 6) is 5.33. The van der Waals surface area contributed by atoms with Crippen molar-refractivity contribution in [3.05, 3.63) is 55.6 Å². The Morgan fingerprint density at radius 2 is 2.24 bits per heavy atom. The summed E-state index contributed by atoms with van der Waals surface area (Å²) >= 11 is 1.50. The molecule has 0 fully saturated rings. The van der Waals surface area contributed by atoms with Crippen molar-refractivity contribution in [2.45, 2.75) is 13.5 Å². The Bertz CT molecular complexity index is 765. The number of carbonyl (C=O) groups is 1. The Morgan fingerprint density at radius 1 is 1.43 bits per heavy atom. The van der Waals surface area contributed by atoms with E-state index in [4.69, 9.17) is 5.73 Å². The molecule has 2 aromatic heterocycles. The largest absolute Gasteiger partial charge is 0.347 e. The molecule has 2 rings (SSSR count). The fraction of sp³-hybridized carbons (Fsp3) is 0.200. The normalized spacial score (nSPS) is 9.81. The first-order valence-corrected chi connectivity index (χ1v) is 7.23. The number of hydrogen-bond acceptors (Lipinski definition) is 4. The first-order chi connectivity index (χ1) is 10.1. The van der Waals surface area contributed by atoms with Crippen LogP contribution >= 0.6 is 11.3 Å². The minimum absolute atomic E-state index is 0.103. The van der Waals surface area contributed by atoms with Crippen LogP contribution in [-0.4, -0.2) is 17.4 Å². The number of thiophene rings is 1. The Morgan fingerprint density at radius 3 is 2.95 bits per heavy atom. The number of aryl methyl sites for hydroxylation is 1. The quantitative estimate of drug-likeness (QED) is 0.739. The van der Waals surface area contributed by atoms with E-state index in [1.165, 1.54) is 17.4 Å². The SMILES string of the molecule is Cc1ccc(C(=O)NCc2sccc2C#CCN)c(=O)[nH]1. The Kier molecular flexibility index (Phi) is 4.93. The lowest BCUT2D eigenvalue weighted by molar-refractivity contribution is 0.0950. The molecule has 0 atom stereocenters. The zero-order valence-electron chi connectivity index (χ0n) is 11.5. The number of aromatic nitrogens is 1. The minimum atomic E-state index is -0.401. The van der Waals surface area contributed by atoms with Crippen molar-refractivity contribution in [1.29, 1.82) is 0 Å². The van der Waals surface area contributed by atoms with Gasteiger partial charge >= 0.3 is 0 Å². The van der Waals surface area contributed by atoms with E-state index < -0.39 is 5.91 Å². The van der Waals surface area contributed by atoms with E-state index in [0.717, 1.165) is 10.4 Å². The Hall–Kier alpha value is -2.36. The first-order valence-electron chi connectivity index (χ1n) is 6.35. The van der Waals surface area contributed by atoms with E-state index in [9.17, 15) is 9.59 Å². The van der Waals surface area contributed by atoms with Gasteiger partial charge in [-0.2, -0.15) is 0 Å². The van der Waals surface area contributed by atoms with Gasteiger partial charge in [0.1, 0.15) is 5.56 Å². The lowest BCUT2D eigenvalue weighted by Gasteiger charge is -2.04. The predicted octanol–water partition coefficient (Wildman–Crippen LogP) is 0.985. The second-order valence-corrected chi connectivity index (χ2v) is 5.33. The van der Waals surface area contributed by atoms with Crippen molar-refractivity contribution in [2.24, 2.45) is 5.73 Å². The molecule has 0 aliphatic carbocycles. The van der Waals surface area contributed by atoms with Gasteiger partial charge in [-0.3, -0.25) is 9.59 Å². The van der Waals surface area contributed by atoms with Crippen LogP contribution < -0.4 is 16.6 Å². The molecule has 108 valence electrons. The van der Waals surface area contributed by atoms with Crippen LogP contribution in [0.25, 0.3) is 0 Å². The molecule has 21 heavy (non-hydrogen) atoms. The van der Waals surface area contributed by atoms with E-state index in [2.05, 4.69) is 22.1 Å². The predicted molar refractivity (Wildman–Crippen MR) is 83.2 cm³/mol. The smallest absolute Gasteiger partial charge is 0.260 e. The molecule has 2 heterocycles. The fourth-order valence-electron chi connectivity index (χ4n) is 1.74. The molecule has 0 aromatic carbocycles. The summed E-state index contributed by atoms with van der Waals surface area (Å²) in [7, 11) is 0. The molecule has 4 N–H and O–H groups in total. The number of rotatable bonds is 3. The van der Waals surface area contributed by atoms with Crippen LogP contribution in [0.15, 0.2) is 28.4 Å². The number of nitrogens with two attached hydrogens (primary N) is 1. The molecule has 2 aromatic rings. The van der Waals surface area contributed by atoms with Gasteiger partial charge in [0.15, 0.2) is 0 Å². The first kappa shape index (κ1) is 15.0. The zero-order valence-corrected chi connectivity index (χ0v) is 12.3. The van der Waals surface area contributed by atoms with Gasteiger partial charge in [0, 0.05) is 16.1 Å². The monoisotopic (exact) mass is 301 g/mol. The average Bonchev–Trinajstić information content (AvgIpc) is 2.90. The van der Waals surface area contributed by atoms with Gasteiger partial charge in [-0.05, 0) is 30.5 Å². The summed E-state index contributed by atoms with van der Waals surface area (Å²) in [6.45, 7) is 2.38. The molecule has 0 bridgehead atoms. The average molecular weight is 301 g/mol. The molecular weight excluding hydrogens is 286 g/mol. The molecule has 0 radical (unpaired) electrons. The highest BCUT2D eigenvalue weighted by atomic mass is 32.1. The van der Waals surface area contributed by atoms with E-state index in [1.54, 1.807) is 13.0 Å². The van der Waals surface area contributed by atoms with Crippen LogP contribution in [0.4, 0.5) is 0 Å². The maximum Gasteiger partial charge on any atom is 0.260 e. The molecule has 6 heteroatoms. The summed E-state index contributed by atoms with van der Waals surface area (Å²) in [6.07, 6.45) is 0. The summed E-state index contributed by atoms with van der Waals surface area (Å²) < 4.78 is 0. The molecular formula is C15H15N3O2S. The van der Waals surface area contributed by atoms with Crippen LogP contribution in [0.3, 0.4) is 0 Å². The third kappa shape index (κ3) is 3.81. The molecule has 0 saturated heterocycles. The summed E-state index contributed by atoms with van der Waals surface area (Å²) in [6, 6.07) is 5.10. The standard InChI is InChI=1S/C15H15N3O2S/c1-10-4-5-12(15(20)18-10)14(19)17-9-13-11(3-2-7-16)6-8-21-13/h4-6,8H,7,9,16H2,1H3,(H,17,19)(H,18,20). The molecule has 0 aliphatic rings. The number of hydrogen-bond donors (Lipinski definition) is 3. The second kappa shape index (κ2) is 6.88. The number of nitrogens with one attached hydrogen (secondary N) is 2. The summed E-state index contributed by atoms with van der Waals surface area (Å²) in [5, 5.41) is 4.63. The minimum Gasteiger partial charge on any atom is -0.347 e. The van der Waals surface area contributed by atoms with Gasteiger partial charge in [-0.1, -0.05) is 11.8 Å². The topological polar surface area (TPSA) is 88.0 Å². The van der Waals surface area contributed by atoms with Crippen LogP contribution in [0.2, 0.25) is 0 Å². The van der Waals surface area contributed by atoms with Crippen LogP contribution in [0.5, 0.6) is 0 Å². The Balaban J connectivity index is 2.08. The van der Waals surface area contributed by atoms with Crippen molar-refractivity contribution in [3.63, 3.8) is 0 Å². The lowest BCUT2D eigenvalue weighted by atomic mass is 10.2. The van der Waals surface area contributed by atoms with Crippen LogP contribution in [0, 0.1) is 18.8 Å². The van der Waals surface area contributed by atoms with Gasteiger partial charge in [0.25, 0.3) is 11.5 Å². The highest BCUT2D eigenvalue weighted by molar-refractivity contribution is 7.10. The fourth-order valence-corrected chi connectivity index (χ4v) is 2.51. The number of pyridine rings is 1. The summed E-state index contributed by atoms with van der Waals surface area (Å²) in [5.41, 5.74) is 6.63. The number of aromatic amines is 1. The molecule has 5 nitrogen and oxygen atoms in total. The zero-order chi connectivity index (χ0) is 15.2. The van der Waals surface area contributed by atoms with Crippen LogP contribution in [-0.2, 0) is 6.54 Å². The number of H-pyrrole nitrogens is 1. The maximum atomic E-state index is 12.0. The van der Waals surface area contributed by atoms with E-state index in [0.29, 0.717) is 18.8 Å². The van der Waals surface area contributed by atoms with E-state index in [1.807, 2.05) is 11.4 Å². The Labute approximate surface area is 126 Å². The highest BCUT2D eigenvalue weighted by Gasteiger charge is 2.11. The number of amides is 1. The third-order valence-corrected chi connectivity index (χ3v) is 3.70. The molecule has 1 amide bonds. The van der Waals surface area contributed by atoms with Crippen LogP contribution in [0.1, 0.15) is 26.5 Å². The van der Waals surface area contributed by atoms with Gasteiger partial charge in [0.2, 0.25) is 0 Å². The van der Waals surface area contributed by atoms with E-state index in [-0.39, 0.29) is 11.1 Å². The molecule has 0 spiro atoms. The number of carbonyl (C=O) groups excluding carboxylic acids is 1. The van der Waals surface area contributed by atoms with Crippen molar-refractivity contribution >= 4 is 17.2 Å². The van der Waals surface area contributed by atoms with Gasteiger partial charge in [0.05, 0.1) is 13.1 Å². The summed E-state index contributed by atoms with van der Waals surface area (Å²) in [4.78, 5) is 27.3. The second-order valence-electron chi connectivity index (χ2n) is 4.33. The maximum absolute atomic E-state index is 12.0. The van der Waals surface area contributed by atoms with Gasteiger partial charge in [-0.25, -0.2) is 0 Å². The van der Waals surface area contributed by atoms with E-state index >= 15 is 0 Å². The molecule has 0 saturated carbocycles.